The maximum absolute atomic E-state index is 3.58. The average molecular weight is 231 g/mol. The van der Waals surface area contributed by atoms with Gasteiger partial charge < -0.3 is 4.98 Å². The van der Waals surface area contributed by atoms with Crippen molar-refractivity contribution in [2.45, 2.75) is 0 Å². The zero-order chi connectivity index (χ0) is 11.6. The van der Waals surface area contributed by atoms with Gasteiger partial charge in [-0.2, -0.15) is 11.8 Å². The number of hydrogen-bond donors (Lipinski definition) is 1. The number of benzene rings is 1. The Bertz CT molecular complexity index is 393. The Morgan fingerprint density at radius 2 is 1.75 bits per heavy atom. The number of fused-ring (bicyclic) bond motifs is 1. The number of para-hydroxylation sites is 1. The molecule has 2 aromatic rings. The second-order valence-electron chi connectivity index (χ2n) is 3.18. The van der Waals surface area contributed by atoms with Crippen LogP contribution in [0.4, 0.5) is 0 Å². The molecule has 0 amide bonds. The molecule has 16 heavy (non-hydrogen) atoms. The lowest BCUT2D eigenvalue weighted by molar-refractivity contribution is 1.48. The first-order valence-electron chi connectivity index (χ1n) is 5.20. The molecule has 0 aliphatic heterocycles. The van der Waals surface area contributed by atoms with Crippen molar-refractivity contribution in [1.82, 2.24) is 4.98 Å². The molecule has 0 aliphatic carbocycles. The van der Waals surface area contributed by atoms with Crippen molar-refractivity contribution in [1.29, 1.82) is 0 Å². The van der Waals surface area contributed by atoms with E-state index in [1.807, 2.05) is 42.2 Å². The van der Waals surface area contributed by atoms with Crippen LogP contribution in [-0.2, 0) is 0 Å². The van der Waals surface area contributed by atoms with E-state index in [4.69, 9.17) is 0 Å². The van der Waals surface area contributed by atoms with E-state index < -0.39 is 0 Å². The summed E-state index contributed by atoms with van der Waals surface area (Å²) in [6, 6.07) is 10.3. The lowest BCUT2D eigenvalue weighted by atomic mass is 10.3. The third-order valence-electron chi connectivity index (χ3n) is 1.93. The standard InChI is InChI=1S/C8H7N.C6H10S/c1-2-4-8-7(3-1)5-6-9-8;1-3-5-7-6-4-2/h1-6,9H;3-4H,1-2,5-6H2. The molecule has 1 aromatic heterocycles. The number of aromatic nitrogens is 1. The highest BCUT2D eigenvalue weighted by molar-refractivity contribution is 7.99. The summed E-state index contributed by atoms with van der Waals surface area (Å²) >= 11 is 1.82. The van der Waals surface area contributed by atoms with Crippen LogP contribution in [0.2, 0.25) is 0 Å². The Morgan fingerprint density at radius 1 is 1.06 bits per heavy atom. The number of rotatable bonds is 4. The quantitative estimate of drug-likeness (QED) is 0.614. The third-order valence-corrected chi connectivity index (χ3v) is 2.88. The van der Waals surface area contributed by atoms with Gasteiger partial charge in [-0.05, 0) is 17.5 Å². The Balaban J connectivity index is 0.000000168. The minimum absolute atomic E-state index is 1.03. The molecule has 0 saturated carbocycles. The fourth-order valence-corrected chi connectivity index (χ4v) is 1.70. The molecule has 1 heterocycles. The first kappa shape index (κ1) is 12.7. The maximum Gasteiger partial charge on any atom is 0.0453 e. The molecule has 0 aliphatic rings. The van der Waals surface area contributed by atoms with Gasteiger partial charge in [0, 0.05) is 23.2 Å². The molecule has 0 spiro atoms. The van der Waals surface area contributed by atoms with Gasteiger partial charge >= 0.3 is 0 Å². The zero-order valence-electron chi connectivity index (χ0n) is 9.36. The van der Waals surface area contributed by atoms with E-state index in [0.717, 1.165) is 11.5 Å². The van der Waals surface area contributed by atoms with Gasteiger partial charge in [-0.25, -0.2) is 0 Å². The topological polar surface area (TPSA) is 15.8 Å². The summed E-state index contributed by atoms with van der Waals surface area (Å²) < 4.78 is 0. The molecule has 1 N–H and O–H groups in total. The van der Waals surface area contributed by atoms with Crippen LogP contribution in [0.5, 0.6) is 0 Å². The zero-order valence-corrected chi connectivity index (χ0v) is 10.2. The Labute approximate surface area is 101 Å². The van der Waals surface area contributed by atoms with Gasteiger partial charge in [0.2, 0.25) is 0 Å². The van der Waals surface area contributed by atoms with Crippen LogP contribution in [-0.4, -0.2) is 16.5 Å². The summed E-state index contributed by atoms with van der Waals surface area (Å²) in [5.41, 5.74) is 1.21. The fraction of sp³-hybridized carbons (Fsp3) is 0.143. The summed E-state index contributed by atoms with van der Waals surface area (Å²) in [6.07, 6.45) is 5.74. The molecule has 0 fully saturated rings. The Kier molecular flexibility index (Phi) is 6.19. The first-order valence-corrected chi connectivity index (χ1v) is 6.35. The molecule has 0 saturated heterocycles. The van der Waals surface area contributed by atoms with Gasteiger partial charge in [-0.15, -0.1) is 13.2 Å². The van der Waals surface area contributed by atoms with Crippen LogP contribution in [0.3, 0.4) is 0 Å². The van der Waals surface area contributed by atoms with Gasteiger partial charge in [0.05, 0.1) is 0 Å². The molecule has 1 nitrogen and oxygen atoms in total. The van der Waals surface area contributed by atoms with E-state index in [9.17, 15) is 0 Å². The van der Waals surface area contributed by atoms with E-state index in [-0.39, 0.29) is 0 Å². The van der Waals surface area contributed by atoms with E-state index in [2.05, 4.69) is 36.3 Å². The molecule has 0 bridgehead atoms. The predicted octanol–water partition coefficient (Wildman–Crippen LogP) is 4.26. The summed E-state index contributed by atoms with van der Waals surface area (Å²) in [6.45, 7) is 7.15. The number of nitrogens with one attached hydrogen (secondary N) is 1. The van der Waals surface area contributed by atoms with Crippen molar-refractivity contribution < 1.29 is 0 Å². The maximum atomic E-state index is 3.58. The smallest absolute Gasteiger partial charge is 0.0453 e. The van der Waals surface area contributed by atoms with Crippen LogP contribution in [0.25, 0.3) is 10.9 Å². The minimum atomic E-state index is 1.03. The van der Waals surface area contributed by atoms with Crippen LogP contribution >= 0.6 is 11.8 Å². The highest BCUT2D eigenvalue weighted by Gasteiger charge is 1.86. The lowest BCUT2D eigenvalue weighted by Crippen LogP contribution is -1.69. The van der Waals surface area contributed by atoms with E-state index in [0.29, 0.717) is 0 Å². The number of aromatic amines is 1. The van der Waals surface area contributed by atoms with Gasteiger partial charge in [0.25, 0.3) is 0 Å². The normalized spacial score (nSPS) is 9.25. The molecule has 0 radical (unpaired) electrons. The third kappa shape index (κ3) is 4.41. The van der Waals surface area contributed by atoms with Crippen molar-refractivity contribution in [3.63, 3.8) is 0 Å². The van der Waals surface area contributed by atoms with Crippen molar-refractivity contribution in [2.24, 2.45) is 0 Å². The molecular weight excluding hydrogens is 214 g/mol. The highest BCUT2D eigenvalue weighted by Crippen LogP contribution is 2.09. The van der Waals surface area contributed by atoms with Gasteiger partial charge in [0.15, 0.2) is 0 Å². The summed E-state index contributed by atoms with van der Waals surface area (Å²) in [4.78, 5) is 3.12. The van der Waals surface area contributed by atoms with E-state index in [1.165, 1.54) is 10.9 Å². The molecular formula is C14H17NS. The number of hydrogen-bond acceptors (Lipinski definition) is 1. The van der Waals surface area contributed by atoms with Crippen LogP contribution in [0, 0.1) is 0 Å². The van der Waals surface area contributed by atoms with Crippen LogP contribution in [0.1, 0.15) is 0 Å². The molecule has 84 valence electrons. The first-order chi connectivity index (χ1) is 7.88. The summed E-state index contributed by atoms with van der Waals surface area (Å²) in [5.74, 6) is 2.07. The fourth-order valence-electron chi connectivity index (χ4n) is 1.23. The average Bonchev–Trinajstić information content (AvgIpc) is 2.78. The predicted molar refractivity (Wildman–Crippen MR) is 76.0 cm³/mol. The second-order valence-corrected chi connectivity index (χ2v) is 4.25. The molecule has 2 rings (SSSR count). The Morgan fingerprint density at radius 3 is 2.38 bits per heavy atom. The van der Waals surface area contributed by atoms with Crippen molar-refractivity contribution in [3.8, 4) is 0 Å². The van der Waals surface area contributed by atoms with Crippen molar-refractivity contribution in [3.05, 3.63) is 61.8 Å². The van der Waals surface area contributed by atoms with Gasteiger partial charge in [-0.3, -0.25) is 0 Å². The molecule has 0 atom stereocenters. The van der Waals surface area contributed by atoms with Crippen molar-refractivity contribution in [2.75, 3.05) is 11.5 Å². The van der Waals surface area contributed by atoms with Crippen molar-refractivity contribution >= 4 is 22.7 Å². The van der Waals surface area contributed by atoms with E-state index in [1.54, 1.807) is 0 Å². The van der Waals surface area contributed by atoms with Crippen LogP contribution < -0.4 is 0 Å². The number of thioether (sulfide) groups is 1. The monoisotopic (exact) mass is 231 g/mol. The van der Waals surface area contributed by atoms with Gasteiger partial charge in [0.1, 0.15) is 0 Å². The summed E-state index contributed by atoms with van der Waals surface area (Å²) in [5, 5.41) is 1.28. The number of H-pyrrole nitrogens is 1. The largest absolute Gasteiger partial charge is 0.361 e. The SMILES string of the molecule is C=CCSCC=C.c1ccc2[nH]ccc2c1. The summed E-state index contributed by atoms with van der Waals surface area (Å²) in [7, 11) is 0. The minimum Gasteiger partial charge on any atom is -0.361 e. The Hall–Kier alpha value is -1.41. The molecule has 1 aromatic carbocycles. The highest BCUT2D eigenvalue weighted by atomic mass is 32.2. The molecule has 0 unspecified atom stereocenters. The van der Waals surface area contributed by atoms with E-state index >= 15 is 0 Å². The second kappa shape index (κ2) is 7.83. The molecule has 2 heteroatoms. The van der Waals surface area contributed by atoms with Gasteiger partial charge in [-0.1, -0.05) is 30.4 Å². The lowest BCUT2D eigenvalue weighted by Gasteiger charge is -1.85. The van der Waals surface area contributed by atoms with Crippen LogP contribution in [0.15, 0.2) is 61.8 Å².